The van der Waals surface area contributed by atoms with Gasteiger partial charge in [-0.3, -0.25) is 0 Å². The zero-order chi connectivity index (χ0) is 20.0. The summed E-state index contributed by atoms with van der Waals surface area (Å²) < 4.78 is 12.6. The summed E-state index contributed by atoms with van der Waals surface area (Å²) in [5.41, 5.74) is 3.36. The van der Waals surface area contributed by atoms with Crippen molar-refractivity contribution in [3.63, 3.8) is 0 Å². The third-order valence-electron chi connectivity index (χ3n) is 4.78. The van der Waals surface area contributed by atoms with E-state index >= 15 is 0 Å². The van der Waals surface area contributed by atoms with Crippen LogP contribution in [0, 0.1) is 18.3 Å². The molecule has 3 heterocycles. The molecule has 0 saturated carbocycles. The number of nitrogens with zero attached hydrogens (tertiary/aromatic N) is 6. The summed E-state index contributed by atoms with van der Waals surface area (Å²) in [6.07, 6.45) is 0. The van der Waals surface area contributed by atoms with Crippen molar-refractivity contribution in [2.45, 2.75) is 6.92 Å². The predicted molar refractivity (Wildman–Crippen MR) is 105 cm³/mol. The molecule has 5 aromatic rings. The van der Waals surface area contributed by atoms with E-state index in [4.69, 9.17) is 9.26 Å². The van der Waals surface area contributed by atoms with Crippen LogP contribution in [-0.4, -0.2) is 32.1 Å². The summed E-state index contributed by atoms with van der Waals surface area (Å²) in [6, 6.07) is 17.1. The number of hydrogen-bond donors (Lipinski definition) is 0. The Morgan fingerprint density at radius 3 is 2.66 bits per heavy atom. The Hall–Kier alpha value is -4.25. The molecule has 0 radical (unpaired) electrons. The Bertz CT molecular complexity index is 1410. The van der Waals surface area contributed by atoms with Crippen LogP contribution in [0.5, 0.6) is 5.88 Å². The quantitative estimate of drug-likeness (QED) is 0.468. The van der Waals surface area contributed by atoms with Crippen LogP contribution in [0.3, 0.4) is 0 Å². The molecule has 8 heteroatoms. The number of nitriles is 1. The fourth-order valence-corrected chi connectivity index (χ4v) is 3.41. The van der Waals surface area contributed by atoms with Crippen LogP contribution in [0.4, 0.5) is 0 Å². The van der Waals surface area contributed by atoms with Crippen LogP contribution >= 0.6 is 0 Å². The van der Waals surface area contributed by atoms with Crippen molar-refractivity contribution in [1.29, 1.82) is 5.26 Å². The summed E-state index contributed by atoms with van der Waals surface area (Å²) in [7, 11) is 1.54. The lowest BCUT2D eigenvalue weighted by molar-refractivity contribution is 0.395. The van der Waals surface area contributed by atoms with Crippen LogP contribution in [-0.2, 0) is 0 Å². The topological polar surface area (TPSA) is 102 Å². The standard InChI is InChI=1S/C21H14N6O2/c1-12-17(18(26-29-12)14-6-4-3-5-7-14)20-24-23-19-15-9-8-13(11-22)10-16(15)21(28-2)25-27(19)20/h3-10H,1-2H3. The van der Waals surface area contributed by atoms with Gasteiger partial charge in [-0.2, -0.15) is 9.78 Å². The van der Waals surface area contributed by atoms with Gasteiger partial charge < -0.3 is 9.26 Å². The van der Waals surface area contributed by atoms with Crippen molar-refractivity contribution in [2.75, 3.05) is 7.11 Å². The molecule has 3 aromatic heterocycles. The minimum atomic E-state index is 0.376. The Labute approximate surface area is 165 Å². The first-order chi connectivity index (χ1) is 14.2. The van der Waals surface area contributed by atoms with Crippen molar-refractivity contribution in [3.8, 4) is 34.6 Å². The van der Waals surface area contributed by atoms with Gasteiger partial charge in [0.15, 0.2) is 11.5 Å². The molecule has 0 N–H and O–H groups in total. The lowest BCUT2D eigenvalue weighted by Gasteiger charge is -2.07. The normalized spacial score (nSPS) is 11.1. The van der Waals surface area contributed by atoms with Crippen LogP contribution in [0.1, 0.15) is 11.3 Å². The van der Waals surface area contributed by atoms with Gasteiger partial charge in [-0.25, -0.2) is 0 Å². The van der Waals surface area contributed by atoms with Crippen molar-refractivity contribution in [1.82, 2.24) is 25.0 Å². The van der Waals surface area contributed by atoms with Gasteiger partial charge in [0.1, 0.15) is 11.5 Å². The smallest absolute Gasteiger partial charge is 0.239 e. The molecule has 0 spiro atoms. The highest BCUT2D eigenvalue weighted by Crippen LogP contribution is 2.35. The molecule has 0 saturated heterocycles. The minimum absolute atomic E-state index is 0.376. The maximum atomic E-state index is 9.21. The maximum Gasteiger partial charge on any atom is 0.239 e. The van der Waals surface area contributed by atoms with Gasteiger partial charge >= 0.3 is 0 Å². The fraction of sp³-hybridized carbons (Fsp3) is 0.0952. The van der Waals surface area contributed by atoms with Crippen molar-refractivity contribution < 1.29 is 9.26 Å². The zero-order valence-corrected chi connectivity index (χ0v) is 15.6. The van der Waals surface area contributed by atoms with Crippen LogP contribution in [0.15, 0.2) is 53.1 Å². The van der Waals surface area contributed by atoms with Crippen molar-refractivity contribution >= 4 is 16.4 Å². The van der Waals surface area contributed by atoms with Crippen LogP contribution in [0.2, 0.25) is 0 Å². The number of ether oxygens (including phenoxy) is 1. The average Bonchev–Trinajstić information content (AvgIpc) is 3.36. The van der Waals surface area contributed by atoms with E-state index < -0.39 is 0 Å². The number of aryl methyl sites for hydroxylation is 1. The number of hydrogen-bond acceptors (Lipinski definition) is 7. The summed E-state index contributed by atoms with van der Waals surface area (Å²) in [5, 5.41) is 28.2. The molecule has 0 unspecified atom stereocenters. The summed E-state index contributed by atoms with van der Waals surface area (Å²) in [6.45, 7) is 1.83. The van der Waals surface area contributed by atoms with Crippen molar-refractivity contribution in [2.24, 2.45) is 0 Å². The second-order valence-corrected chi connectivity index (χ2v) is 6.47. The van der Waals surface area contributed by atoms with E-state index in [9.17, 15) is 5.26 Å². The first-order valence-electron chi connectivity index (χ1n) is 8.86. The molecule has 8 nitrogen and oxygen atoms in total. The average molecular weight is 382 g/mol. The van der Waals surface area contributed by atoms with E-state index in [1.807, 2.05) is 43.3 Å². The molecular formula is C21H14N6O2. The highest BCUT2D eigenvalue weighted by Gasteiger charge is 2.24. The maximum absolute atomic E-state index is 9.21. The third-order valence-corrected chi connectivity index (χ3v) is 4.78. The molecule has 29 heavy (non-hydrogen) atoms. The Morgan fingerprint density at radius 2 is 1.90 bits per heavy atom. The second-order valence-electron chi connectivity index (χ2n) is 6.47. The number of aromatic nitrogens is 5. The highest BCUT2D eigenvalue weighted by atomic mass is 16.5. The summed E-state index contributed by atoms with van der Waals surface area (Å²) in [5.74, 6) is 1.49. The van der Waals surface area contributed by atoms with Gasteiger partial charge in [0.05, 0.1) is 29.7 Å². The molecule has 140 valence electrons. The Kier molecular flexibility index (Phi) is 3.74. The monoisotopic (exact) mass is 382 g/mol. The van der Waals surface area contributed by atoms with E-state index in [1.54, 1.807) is 16.6 Å². The molecule has 0 amide bonds. The van der Waals surface area contributed by atoms with Gasteiger partial charge in [0.25, 0.3) is 0 Å². The molecule has 0 aliphatic carbocycles. The van der Waals surface area contributed by atoms with Crippen LogP contribution < -0.4 is 4.74 Å². The van der Waals surface area contributed by atoms with Gasteiger partial charge in [-0.15, -0.1) is 15.3 Å². The molecule has 0 aliphatic rings. The molecule has 0 aliphatic heterocycles. The Morgan fingerprint density at radius 1 is 1.07 bits per heavy atom. The first kappa shape index (κ1) is 16.9. The fourth-order valence-electron chi connectivity index (χ4n) is 3.41. The molecule has 5 rings (SSSR count). The van der Waals surface area contributed by atoms with E-state index in [-0.39, 0.29) is 0 Å². The van der Waals surface area contributed by atoms with Gasteiger partial charge in [-0.05, 0) is 25.1 Å². The molecule has 0 atom stereocenters. The SMILES string of the molecule is COc1nn2c(-c3c(-c4ccccc4)noc3C)nnc2c2ccc(C#N)cc12. The number of fused-ring (bicyclic) bond motifs is 3. The number of rotatable bonds is 3. The summed E-state index contributed by atoms with van der Waals surface area (Å²) in [4.78, 5) is 0. The molecule has 0 fully saturated rings. The van der Waals surface area contributed by atoms with Gasteiger partial charge in [0.2, 0.25) is 5.88 Å². The van der Waals surface area contributed by atoms with E-state index in [0.717, 1.165) is 10.9 Å². The lowest BCUT2D eigenvalue weighted by atomic mass is 10.1. The van der Waals surface area contributed by atoms with Gasteiger partial charge in [-0.1, -0.05) is 35.5 Å². The predicted octanol–water partition coefficient (Wildman–Crippen LogP) is 3.79. The largest absolute Gasteiger partial charge is 0.480 e. The second kappa shape index (κ2) is 6.42. The lowest BCUT2D eigenvalue weighted by Crippen LogP contribution is -2.01. The number of methoxy groups -OCH3 is 1. The number of benzene rings is 2. The van der Waals surface area contributed by atoms with E-state index in [2.05, 4.69) is 26.5 Å². The third kappa shape index (κ3) is 2.52. The Balaban J connectivity index is 1.82. The van der Waals surface area contributed by atoms with E-state index in [0.29, 0.717) is 45.3 Å². The van der Waals surface area contributed by atoms with E-state index in [1.165, 1.54) is 7.11 Å². The minimum Gasteiger partial charge on any atom is -0.480 e. The highest BCUT2D eigenvalue weighted by molar-refractivity contribution is 5.98. The van der Waals surface area contributed by atoms with Crippen molar-refractivity contribution in [3.05, 3.63) is 59.9 Å². The van der Waals surface area contributed by atoms with Crippen LogP contribution in [0.25, 0.3) is 39.1 Å². The van der Waals surface area contributed by atoms with Gasteiger partial charge in [0, 0.05) is 10.9 Å². The summed E-state index contributed by atoms with van der Waals surface area (Å²) >= 11 is 0. The molecule has 2 aromatic carbocycles. The molecule has 0 bridgehead atoms. The molecular weight excluding hydrogens is 368 g/mol. The zero-order valence-electron chi connectivity index (χ0n) is 15.6. The first-order valence-corrected chi connectivity index (χ1v) is 8.86.